The molecule has 0 aliphatic carbocycles. The van der Waals surface area contributed by atoms with Gasteiger partial charge in [-0.05, 0) is 31.2 Å². The van der Waals surface area contributed by atoms with Crippen molar-refractivity contribution >= 4 is 18.4 Å². The molecular weight excluding hydrogens is 266 g/mol. The van der Waals surface area contributed by atoms with Crippen LogP contribution in [0.3, 0.4) is 0 Å². The summed E-state index contributed by atoms with van der Waals surface area (Å²) in [5, 5.41) is 3.18. The van der Waals surface area contributed by atoms with Crippen molar-refractivity contribution in [2.45, 2.75) is 26.8 Å². The zero-order valence-electron chi connectivity index (χ0n) is 11.6. The van der Waals surface area contributed by atoms with Gasteiger partial charge in [-0.2, -0.15) is 0 Å². The number of hydrogen-bond acceptors (Lipinski definition) is 4. The number of carbonyl (C=O) groups is 1. The summed E-state index contributed by atoms with van der Waals surface area (Å²) in [6.45, 7) is 7.68. The van der Waals surface area contributed by atoms with E-state index in [0.29, 0.717) is 31.4 Å². The van der Waals surface area contributed by atoms with Crippen LogP contribution in [-0.2, 0) is 4.74 Å². The zero-order chi connectivity index (χ0) is 13.4. The molecule has 0 aromatic heterocycles. The monoisotopic (exact) mass is 287 g/mol. The fourth-order valence-corrected chi connectivity index (χ4v) is 1.43. The molecule has 0 fully saturated rings. The van der Waals surface area contributed by atoms with E-state index in [2.05, 4.69) is 5.32 Å². The number of benzene rings is 1. The van der Waals surface area contributed by atoms with Crippen LogP contribution in [0.2, 0.25) is 0 Å². The molecule has 0 spiro atoms. The Balaban J connectivity index is 0.00000324. The summed E-state index contributed by atoms with van der Waals surface area (Å²) in [6, 6.07) is 7.36. The van der Waals surface area contributed by atoms with E-state index < -0.39 is 0 Å². The molecule has 1 aromatic rings. The largest absolute Gasteiger partial charge is 0.494 e. The van der Waals surface area contributed by atoms with Crippen molar-refractivity contribution in [1.29, 1.82) is 0 Å². The third-order valence-corrected chi connectivity index (χ3v) is 2.29. The Morgan fingerprint density at radius 1 is 1.26 bits per heavy atom. The molecule has 1 N–H and O–H groups in total. The molecule has 0 radical (unpaired) electrons. The average Bonchev–Trinajstić information content (AvgIpc) is 2.35. The van der Waals surface area contributed by atoms with Crippen molar-refractivity contribution in [3.8, 4) is 5.75 Å². The third kappa shape index (κ3) is 7.03. The second-order valence-electron chi connectivity index (χ2n) is 4.20. The van der Waals surface area contributed by atoms with Crippen molar-refractivity contribution in [3.05, 3.63) is 29.8 Å². The molecular formula is C14H22ClNO3. The quantitative estimate of drug-likeness (QED) is 0.619. The number of hydrogen-bond donors (Lipinski definition) is 1. The number of carbonyl (C=O) groups excluding carboxylic acids is 1. The van der Waals surface area contributed by atoms with Gasteiger partial charge in [0.15, 0.2) is 0 Å². The van der Waals surface area contributed by atoms with Crippen LogP contribution in [0.15, 0.2) is 24.3 Å². The molecule has 0 bridgehead atoms. The highest BCUT2D eigenvalue weighted by molar-refractivity contribution is 5.89. The Labute approximate surface area is 120 Å². The Bertz CT molecular complexity index is 365. The lowest BCUT2D eigenvalue weighted by molar-refractivity contribution is 0.0506. The van der Waals surface area contributed by atoms with Crippen molar-refractivity contribution in [2.24, 2.45) is 0 Å². The first-order chi connectivity index (χ1) is 8.63. The molecule has 0 unspecified atom stereocenters. The molecule has 108 valence electrons. The summed E-state index contributed by atoms with van der Waals surface area (Å²) >= 11 is 0. The minimum Gasteiger partial charge on any atom is -0.494 e. The van der Waals surface area contributed by atoms with Crippen molar-refractivity contribution in [1.82, 2.24) is 5.32 Å². The van der Waals surface area contributed by atoms with Gasteiger partial charge in [0.05, 0.1) is 12.2 Å². The van der Waals surface area contributed by atoms with E-state index in [1.807, 2.05) is 20.8 Å². The minimum atomic E-state index is -0.302. The second kappa shape index (κ2) is 9.64. The SMILES string of the molecule is CCOc1ccc(C(=O)OCCNC(C)C)cc1.Cl. The van der Waals surface area contributed by atoms with Crippen LogP contribution in [0.5, 0.6) is 5.75 Å². The lowest BCUT2D eigenvalue weighted by atomic mass is 10.2. The number of esters is 1. The summed E-state index contributed by atoms with van der Waals surface area (Å²) in [5.74, 6) is 0.458. The standard InChI is InChI=1S/C14H21NO3.ClH/c1-4-17-13-7-5-12(6-8-13)14(16)18-10-9-15-11(2)3;/h5-8,11,15H,4,9-10H2,1-3H3;1H. The van der Waals surface area contributed by atoms with E-state index in [4.69, 9.17) is 9.47 Å². The summed E-state index contributed by atoms with van der Waals surface area (Å²) in [4.78, 5) is 11.7. The maximum Gasteiger partial charge on any atom is 0.338 e. The predicted octanol–water partition coefficient (Wildman–Crippen LogP) is 2.66. The van der Waals surface area contributed by atoms with Gasteiger partial charge in [0.1, 0.15) is 12.4 Å². The molecule has 0 saturated carbocycles. The molecule has 19 heavy (non-hydrogen) atoms. The lowest BCUT2D eigenvalue weighted by Crippen LogP contribution is -2.27. The van der Waals surface area contributed by atoms with Gasteiger partial charge in [-0.25, -0.2) is 4.79 Å². The Morgan fingerprint density at radius 2 is 1.89 bits per heavy atom. The van der Waals surface area contributed by atoms with Crippen LogP contribution >= 0.6 is 12.4 Å². The highest BCUT2D eigenvalue weighted by Crippen LogP contribution is 2.12. The Morgan fingerprint density at radius 3 is 2.42 bits per heavy atom. The molecule has 1 aromatic carbocycles. The zero-order valence-corrected chi connectivity index (χ0v) is 12.5. The predicted molar refractivity (Wildman–Crippen MR) is 78.3 cm³/mol. The van der Waals surface area contributed by atoms with Crippen molar-refractivity contribution in [2.75, 3.05) is 19.8 Å². The van der Waals surface area contributed by atoms with Crippen molar-refractivity contribution in [3.63, 3.8) is 0 Å². The van der Waals surface area contributed by atoms with E-state index in [-0.39, 0.29) is 18.4 Å². The summed E-state index contributed by atoms with van der Waals surface area (Å²) in [7, 11) is 0. The van der Waals surface area contributed by atoms with Crippen molar-refractivity contribution < 1.29 is 14.3 Å². The van der Waals surface area contributed by atoms with Gasteiger partial charge in [-0.1, -0.05) is 13.8 Å². The molecule has 4 nitrogen and oxygen atoms in total. The van der Waals surface area contributed by atoms with Gasteiger partial charge in [-0.3, -0.25) is 0 Å². The Hall–Kier alpha value is -1.26. The van der Waals surface area contributed by atoms with Crippen LogP contribution in [0.1, 0.15) is 31.1 Å². The first-order valence-electron chi connectivity index (χ1n) is 6.27. The fourth-order valence-electron chi connectivity index (χ4n) is 1.43. The smallest absolute Gasteiger partial charge is 0.338 e. The number of ether oxygens (including phenoxy) is 2. The molecule has 0 saturated heterocycles. The van der Waals surface area contributed by atoms with E-state index in [0.717, 1.165) is 5.75 Å². The highest BCUT2D eigenvalue weighted by atomic mass is 35.5. The summed E-state index contributed by atoms with van der Waals surface area (Å²) in [6.07, 6.45) is 0. The maximum atomic E-state index is 11.7. The van der Waals surface area contributed by atoms with Crippen LogP contribution in [0, 0.1) is 0 Å². The minimum absolute atomic E-state index is 0. The number of nitrogens with one attached hydrogen (secondary N) is 1. The van der Waals surface area contributed by atoms with Crippen LogP contribution in [0.4, 0.5) is 0 Å². The molecule has 0 aliphatic rings. The van der Waals surface area contributed by atoms with E-state index in [1.165, 1.54) is 0 Å². The van der Waals surface area contributed by atoms with Crippen LogP contribution < -0.4 is 10.1 Å². The molecule has 5 heteroatoms. The van der Waals surface area contributed by atoms with Gasteiger partial charge in [0, 0.05) is 12.6 Å². The normalized spacial score (nSPS) is 9.89. The van der Waals surface area contributed by atoms with Gasteiger partial charge >= 0.3 is 5.97 Å². The highest BCUT2D eigenvalue weighted by Gasteiger charge is 2.06. The fraction of sp³-hybridized carbons (Fsp3) is 0.500. The van der Waals surface area contributed by atoms with Crippen LogP contribution in [0.25, 0.3) is 0 Å². The van der Waals surface area contributed by atoms with E-state index in [1.54, 1.807) is 24.3 Å². The van der Waals surface area contributed by atoms with Gasteiger partial charge in [0.25, 0.3) is 0 Å². The van der Waals surface area contributed by atoms with Crippen LogP contribution in [-0.4, -0.2) is 31.8 Å². The van der Waals surface area contributed by atoms with E-state index >= 15 is 0 Å². The molecule has 0 atom stereocenters. The first kappa shape index (κ1) is 17.7. The van der Waals surface area contributed by atoms with Gasteiger partial charge < -0.3 is 14.8 Å². The number of halogens is 1. The van der Waals surface area contributed by atoms with E-state index in [9.17, 15) is 4.79 Å². The maximum absolute atomic E-state index is 11.7. The summed E-state index contributed by atoms with van der Waals surface area (Å²) < 4.78 is 10.4. The molecule has 1 rings (SSSR count). The molecule has 0 amide bonds. The second-order valence-corrected chi connectivity index (χ2v) is 4.20. The first-order valence-corrected chi connectivity index (χ1v) is 6.27. The number of rotatable bonds is 7. The van der Waals surface area contributed by atoms with Gasteiger partial charge in [-0.15, -0.1) is 12.4 Å². The van der Waals surface area contributed by atoms with Gasteiger partial charge in [0.2, 0.25) is 0 Å². The molecule has 0 aliphatic heterocycles. The third-order valence-electron chi connectivity index (χ3n) is 2.29. The Kier molecular flexibility index (Phi) is 9.00. The summed E-state index contributed by atoms with van der Waals surface area (Å²) in [5.41, 5.74) is 0.544. The topological polar surface area (TPSA) is 47.6 Å². The molecule has 0 heterocycles. The average molecular weight is 288 g/mol. The lowest BCUT2D eigenvalue weighted by Gasteiger charge is -2.09.